The van der Waals surface area contributed by atoms with Crippen molar-refractivity contribution in [2.75, 3.05) is 0 Å². The Morgan fingerprint density at radius 2 is 1.78 bits per heavy atom. The van der Waals surface area contributed by atoms with Crippen LogP contribution in [-0.2, 0) is 0 Å². The molecular formula is C17H29N. The highest BCUT2D eigenvalue weighted by atomic mass is 14.5. The number of nitrogens with zero attached hydrogens (tertiary/aromatic N) is 1. The standard InChI is InChI=1S/C17H29N/c1-2-3-9-15-12-7-8-13-17(15,14-18)16-10-5-4-6-11-16/h15-16H,2-13H2,1H3/t15-,17+/m1/s1. The molecule has 0 unspecified atom stereocenters. The number of unbranched alkanes of at least 4 members (excludes halogenated alkanes) is 1. The van der Waals surface area contributed by atoms with Crippen molar-refractivity contribution in [2.24, 2.45) is 17.3 Å². The van der Waals surface area contributed by atoms with Gasteiger partial charge in [-0.05, 0) is 43.9 Å². The van der Waals surface area contributed by atoms with Crippen LogP contribution in [0.25, 0.3) is 0 Å². The molecule has 0 aliphatic heterocycles. The second-order valence-corrected chi connectivity index (χ2v) is 6.57. The van der Waals surface area contributed by atoms with Gasteiger partial charge in [-0.15, -0.1) is 0 Å². The SMILES string of the molecule is CCCC[C@@H]1CCCC[C@@]1(C#N)C1CCCCC1. The Balaban J connectivity index is 2.12. The Labute approximate surface area is 113 Å². The van der Waals surface area contributed by atoms with Crippen molar-refractivity contribution in [1.29, 1.82) is 5.26 Å². The third-order valence-corrected chi connectivity index (χ3v) is 5.57. The quantitative estimate of drug-likeness (QED) is 0.647. The van der Waals surface area contributed by atoms with E-state index in [1.165, 1.54) is 77.0 Å². The fraction of sp³-hybridized carbons (Fsp3) is 0.941. The predicted octanol–water partition coefficient (Wildman–Crippen LogP) is 5.46. The first-order chi connectivity index (χ1) is 8.83. The Morgan fingerprint density at radius 1 is 1.06 bits per heavy atom. The minimum absolute atomic E-state index is 0.0633. The van der Waals surface area contributed by atoms with Gasteiger partial charge in [0.15, 0.2) is 0 Å². The normalized spacial score (nSPS) is 34.1. The van der Waals surface area contributed by atoms with Gasteiger partial charge in [0.25, 0.3) is 0 Å². The van der Waals surface area contributed by atoms with Crippen LogP contribution in [0.4, 0.5) is 0 Å². The van der Waals surface area contributed by atoms with Crippen LogP contribution in [0.3, 0.4) is 0 Å². The lowest BCUT2D eigenvalue weighted by atomic mass is 9.56. The summed E-state index contributed by atoms with van der Waals surface area (Å²) in [5, 5.41) is 9.91. The van der Waals surface area contributed by atoms with Crippen LogP contribution in [0.2, 0.25) is 0 Å². The first kappa shape index (κ1) is 13.9. The molecule has 0 aromatic carbocycles. The van der Waals surface area contributed by atoms with Crippen LogP contribution in [-0.4, -0.2) is 0 Å². The third kappa shape index (κ3) is 2.73. The lowest BCUT2D eigenvalue weighted by Crippen LogP contribution is -2.40. The van der Waals surface area contributed by atoms with E-state index in [1.54, 1.807) is 0 Å². The van der Waals surface area contributed by atoms with E-state index in [9.17, 15) is 5.26 Å². The molecule has 0 aromatic rings. The summed E-state index contributed by atoms with van der Waals surface area (Å²) < 4.78 is 0. The highest BCUT2D eigenvalue weighted by Gasteiger charge is 2.46. The Hall–Kier alpha value is -0.510. The summed E-state index contributed by atoms with van der Waals surface area (Å²) >= 11 is 0. The van der Waals surface area contributed by atoms with Gasteiger partial charge in [-0.3, -0.25) is 0 Å². The van der Waals surface area contributed by atoms with Crippen molar-refractivity contribution >= 4 is 0 Å². The fourth-order valence-corrected chi connectivity index (χ4v) is 4.52. The van der Waals surface area contributed by atoms with Gasteiger partial charge in [-0.25, -0.2) is 0 Å². The Morgan fingerprint density at radius 3 is 2.44 bits per heavy atom. The molecule has 0 heterocycles. The molecule has 0 amide bonds. The number of rotatable bonds is 4. The van der Waals surface area contributed by atoms with Gasteiger partial charge >= 0.3 is 0 Å². The molecule has 18 heavy (non-hydrogen) atoms. The van der Waals surface area contributed by atoms with Gasteiger partial charge in [0.05, 0.1) is 11.5 Å². The Bertz CT molecular complexity index is 284. The van der Waals surface area contributed by atoms with Crippen LogP contribution in [0.1, 0.15) is 84.0 Å². The van der Waals surface area contributed by atoms with Gasteiger partial charge < -0.3 is 0 Å². The third-order valence-electron chi connectivity index (χ3n) is 5.57. The molecule has 2 saturated carbocycles. The molecule has 102 valence electrons. The van der Waals surface area contributed by atoms with Gasteiger partial charge in [-0.1, -0.05) is 51.9 Å². The van der Waals surface area contributed by atoms with Gasteiger partial charge in [-0.2, -0.15) is 5.26 Å². The maximum absolute atomic E-state index is 9.91. The van der Waals surface area contributed by atoms with Crippen molar-refractivity contribution in [3.8, 4) is 6.07 Å². The molecule has 1 heteroatoms. The predicted molar refractivity (Wildman–Crippen MR) is 76.1 cm³/mol. The molecule has 0 aromatic heterocycles. The van der Waals surface area contributed by atoms with E-state index in [0.717, 1.165) is 5.92 Å². The molecule has 0 N–H and O–H groups in total. The summed E-state index contributed by atoms with van der Waals surface area (Å²) in [7, 11) is 0. The zero-order valence-electron chi connectivity index (χ0n) is 12.1. The maximum Gasteiger partial charge on any atom is 0.0695 e. The smallest absolute Gasteiger partial charge is 0.0695 e. The minimum Gasteiger partial charge on any atom is -0.198 e. The van der Waals surface area contributed by atoms with Crippen molar-refractivity contribution < 1.29 is 0 Å². The van der Waals surface area contributed by atoms with E-state index in [4.69, 9.17) is 0 Å². The summed E-state index contributed by atoms with van der Waals surface area (Å²) in [6, 6.07) is 2.85. The van der Waals surface area contributed by atoms with Crippen LogP contribution >= 0.6 is 0 Å². The van der Waals surface area contributed by atoms with Crippen molar-refractivity contribution in [2.45, 2.75) is 84.0 Å². The Kier molecular flexibility index (Phi) is 5.10. The summed E-state index contributed by atoms with van der Waals surface area (Å²) in [4.78, 5) is 0. The molecule has 0 radical (unpaired) electrons. The largest absolute Gasteiger partial charge is 0.198 e. The summed E-state index contributed by atoms with van der Waals surface area (Å²) in [5.41, 5.74) is 0.0633. The van der Waals surface area contributed by atoms with E-state index in [0.29, 0.717) is 5.92 Å². The molecule has 2 aliphatic carbocycles. The minimum atomic E-state index is 0.0633. The molecule has 0 saturated heterocycles. The zero-order valence-corrected chi connectivity index (χ0v) is 12.1. The topological polar surface area (TPSA) is 23.8 Å². The summed E-state index contributed by atoms with van der Waals surface area (Å²) in [5.74, 6) is 1.43. The average Bonchev–Trinajstić information content (AvgIpc) is 2.46. The molecule has 1 nitrogen and oxygen atoms in total. The molecule has 0 spiro atoms. The summed E-state index contributed by atoms with van der Waals surface area (Å²) in [6.45, 7) is 2.28. The van der Waals surface area contributed by atoms with E-state index >= 15 is 0 Å². The monoisotopic (exact) mass is 247 g/mol. The van der Waals surface area contributed by atoms with Gasteiger partial charge in [0, 0.05) is 0 Å². The van der Waals surface area contributed by atoms with E-state index < -0.39 is 0 Å². The maximum atomic E-state index is 9.91. The van der Waals surface area contributed by atoms with Crippen molar-refractivity contribution in [3.63, 3.8) is 0 Å². The first-order valence-corrected chi connectivity index (χ1v) is 8.24. The highest BCUT2D eigenvalue weighted by Crippen LogP contribution is 2.52. The molecule has 2 rings (SSSR count). The summed E-state index contributed by atoms with van der Waals surface area (Å²) in [6.07, 6.45) is 15.9. The fourth-order valence-electron chi connectivity index (χ4n) is 4.52. The van der Waals surface area contributed by atoms with Crippen molar-refractivity contribution in [3.05, 3.63) is 0 Å². The number of nitriles is 1. The lowest BCUT2D eigenvalue weighted by Gasteiger charge is -2.46. The second-order valence-electron chi connectivity index (χ2n) is 6.57. The molecule has 0 bridgehead atoms. The van der Waals surface area contributed by atoms with Crippen molar-refractivity contribution in [1.82, 2.24) is 0 Å². The molecule has 2 atom stereocenters. The van der Waals surface area contributed by atoms with Crippen LogP contribution in [0.15, 0.2) is 0 Å². The van der Waals surface area contributed by atoms with Crippen LogP contribution < -0.4 is 0 Å². The second kappa shape index (κ2) is 6.60. The van der Waals surface area contributed by atoms with E-state index in [-0.39, 0.29) is 5.41 Å². The first-order valence-electron chi connectivity index (χ1n) is 8.24. The van der Waals surface area contributed by atoms with E-state index in [1.807, 2.05) is 0 Å². The van der Waals surface area contributed by atoms with Crippen LogP contribution in [0, 0.1) is 28.6 Å². The zero-order chi connectivity index (χ0) is 12.8. The highest BCUT2D eigenvalue weighted by molar-refractivity contribution is 5.08. The van der Waals surface area contributed by atoms with E-state index in [2.05, 4.69) is 13.0 Å². The number of hydrogen-bond donors (Lipinski definition) is 0. The van der Waals surface area contributed by atoms with Gasteiger partial charge in [0.2, 0.25) is 0 Å². The molecular weight excluding hydrogens is 218 g/mol. The average molecular weight is 247 g/mol. The van der Waals surface area contributed by atoms with Crippen LogP contribution in [0.5, 0.6) is 0 Å². The molecule has 2 fully saturated rings. The van der Waals surface area contributed by atoms with Gasteiger partial charge in [0.1, 0.15) is 0 Å². The molecule has 2 aliphatic rings. The number of hydrogen-bond acceptors (Lipinski definition) is 1. The lowest BCUT2D eigenvalue weighted by molar-refractivity contribution is 0.0529.